The largest absolute Gasteiger partial charge is 0.481 e. The number of carbonyl (C=O) groups is 1. The lowest BCUT2D eigenvalue weighted by molar-refractivity contribution is -0.248. The van der Waals surface area contributed by atoms with Gasteiger partial charge in [-0.15, -0.1) is 0 Å². The minimum atomic E-state index is -0.538. The van der Waals surface area contributed by atoms with Gasteiger partial charge in [-0.3, -0.25) is 4.79 Å². The van der Waals surface area contributed by atoms with Gasteiger partial charge in [-0.2, -0.15) is 0 Å². The number of aliphatic hydroxyl groups excluding tert-OH is 1. The molecule has 3 nitrogen and oxygen atoms in total. The molecule has 0 aromatic carbocycles. The molecule has 5 fully saturated rings. The number of allylic oxidation sites excluding steroid dienone is 1. The van der Waals surface area contributed by atoms with Gasteiger partial charge in [0.05, 0.1) is 11.5 Å². The molecule has 5 aliphatic rings. The van der Waals surface area contributed by atoms with Crippen LogP contribution in [0.2, 0.25) is 0 Å². The Hall–Kier alpha value is -0.830. The van der Waals surface area contributed by atoms with Crippen LogP contribution in [0.4, 0.5) is 0 Å². The predicted octanol–water partition coefficient (Wildman–Crippen LogP) is 7.09. The van der Waals surface area contributed by atoms with Gasteiger partial charge in [0.15, 0.2) is 0 Å². The van der Waals surface area contributed by atoms with Crippen molar-refractivity contribution < 1.29 is 15.0 Å². The van der Waals surface area contributed by atoms with Gasteiger partial charge in [0, 0.05) is 0 Å². The van der Waals surface area contributed by atoms with Crippen molar-refractivity contribution in [3.8, 4) is 0 Å². The van der Waals surface area contributed by atoms with E-state index in [-0.39, 0.29) is 33.7 Å². The lowest BCUT2D eigenvalue weighted by atomic mass is 9.32. The smallest absolute Gasteiger partial charge is 0.309 e. The van der Waals surface area contributed by atoms with Crippen molar-refractivity contribution in [2.75, 3.05) is 0 Å². The first-order valence-corrected chi connectivity index (χ1v) is 13.8. The fourth-order valence-electron chi connectivity index (χ4n) is 11.5. The molecule has 0 aromatic heterocycles. The second-order valence-electron chi connectivity index (χ2n) is 14.5. The number of rotatable bonds is 2. The fourth-order valence-corrected chi connectivity index (χ4v) is 11.5. The Morgan fingerprint density at radius 1 is 0.818 bits per heavy atom. The van der Waals surface area contributed by atoms with Crippen LogP contribution in [0.3, 0.4) is 0 Å². The topological polar surface area (TPSA) is 57.5 Å². The van der Waals surface area contributed by atoms with Crippen molar-refractivity contribution in [3.63, 3.8) is 0 Å². The molecular formula is C30H48O3. The maximum atomic E-state index is 12.8. The van der Waals surface area contributed by atoms with Crippen LogP contribution in [-0.4, -0.2) is 22.3 Å². The molecule has 0 aromatic rings. The van der Waals surface area contributed by atoms with E-state index in [4.69, 9.17) is 0 Å². The van der Waals surface area contributed by atoms with Crippen LogP contribution < -0.4 is 0 Å². The molecule has 2 N–H and O–H groups in total. The summed E-state index contributed by atoms with van der Waals surface area (Å²) in [4.78, 5) is 12.8. The number of aliphatic hydroxyl groups is 1. The highest BCUT2D eigenvalue weighted by Gasteiger charge is 2.71. The number of hydrogen-bond donors (Lipinski definition) is 2. The Kier molecular flexibility index (Phi) is 5.15. The summed E-state index contributed by atoms with van der Waals surface area (Å²) < 4.78 is 0. The Morgan fingerprint density at radius 3 is 2.15 bits per heavy atom. The molecular weight excluding hydrogens is 408 g/mol. The van der Waals surface area contributed by atoms with Crippen molar-refractivity contribution in [1.82, 2.24) is 0 Å². The van der Waals surface area contributed by atoms with Gasteiger partial charge >= 0.3 is 5.97 Å². The second-order valence-corrected chi connectivity index (χ2v) is 14.5. The number of aliphatic carboxylic acids is 1. The standard InChI is InChI=1S/C30H48O3/c1-18(2)19-10-15-30(25(32)33)17-16-28(6)20(24(19)30)8-9-22-27(5)13-12-23(31)26(3,4)21(27)11-14-29(22,28)7/h19-24,31H,1,8-17H2,2-7H3,(H,32,33)/t19-,20+,21-,22+,23-,24+,27-,28-,29+,30-/m0/s1. The van der Waals surface area contributed by atoms with E-state index < -0.39 is 11.4 Å². The van der Waals surface area contributed by atoms with E-state index in [1.165, 1.54) is 31.3 Å². The van der Waals surface area contributed by atoms with Gasteiger partial charge < -0.3 is 10.2 Å². The van der Waals surface area contributed by atoms with E-state index in [0.717, 1.165) is 38.5 Å². The summed E-state index contributed by atoms with van der Waals surface area (Å²) >= 11 is 0. The average molecular weight is 457 g/mol. The van der Waals surface area contributed by atoms with Crippen LogP contribution >= 0.6 is 0 Å². The van der Waals surface area contributed by atoms with Crippen LogP contribution in [-0.2, 0) is 4.79 Å². The van der Waals surface area contributed by atoms with E-state index in [0.29, 0.717) is 23.7 Å². The van der Waals surface area contributed by atoms with Crippen LogP contribution in [0, 0.1) is 56.7 Å². The van der Waals surface area contributed by atoms with E-state index >= 15 is 0 Å². The predicted molar refractivity (Wildman–Crippen MR) is 133 cm³/mol. The zero-order valence-corrected chi connectivity index (χ0v) is 22.0. The lowest BCUT2D eigenvalue weighted by Gasteiger charge is -2.72. The minimum absolute atomic E-state index is 0.0202. The minimum Gasteiger partial charge on any atom is -0.481 e. The lowest BCUT2D eigenvalue weighted by Crippen LogP contribution is -2.67. The molecule has 5 rings (SSSR count). The summed E-state index contributed by atoms with van der Waals surface area (Å²) in [5.74, 6) is 1.79. The highest BCUT2D eigenvalue weighted by atomic mass is 16.4. The molecule has 0 bridgehead atoms. The quantitative estimate of drug-likeness (QED) is 0.436. The summed E-state index contributed by atoms with van der Waals surface area (Å²) in [6.07, 6.45) is 10.5. The summed E-state index contributed by atoms with van der Waals surface area (Å²) in [5.41, 5.74) is 1.35. The van der Waals surface area contributed by atoms with Crippen molar-refractivity contribution >= 4 is 5.97 Å². The molecule has 0 spiro atoms. The third-order valence-corrected chi connectivity index (χ3v) is 13.5. The van der Waals surface area contributed by atoms with Crippen LogP contribution in [0.25, 0.3) is 0 Å². The molecule has 0 saturated heterocycles. The molecule has 5 aliphatic carbocycles. The summed E-state index contributed by atoms with van der Waals surface area (Å²) in [5, 5.41) is 21.4. The molecule has 0 radical (unpaired) electrons. The van der Waals surface area contributed by atoms with E-state index in [1.54, 1.807) is 0 Å². The Bertz CT molecular complexity index is 861. The highest BCUT2D eigenvalue weighted by molar-refractivity contribution is 5.76. The maximum absolute atomic E-state index is 12.8. The van der Waals surface area contributed by atoms with Gasteiger partial charge in [0.25, 0.3) is 0 Å². The van der Waals surface area contributed by atoms with Crippen molar-refractivity contribution in [3.05, 3.63) is 12.2 Å². The van der Waals surface area contributed by atoms with Crippen molar-refractivity contribution in [2.45, 2.75) is 112 Å². The van der Waals surface area contributed by atoms with Gasteiger partial charge in [0.1, 0.15) is 0 Å². The van der Waals surface area contributed by atoms with Crippen LogP contribution in [0.15, 0.2) is 12.2 Å². The molecule has 10 atom stereocenters. The summed E-state index contributed by atoms with van der Waals surface area (Å²) in [6.45, 7) is 18.8. The van der Waals surface area contributed by atoms with Gasteiger partial charge in [-0.05, 0) is 122 Å². The number of hydrogen-bond acceptors (Lipinski definition) is 2. The van der Waals surface area contributed by atoms with Gasteiger partial charge in [0.2, 0.25) is 0 Å². The summed E-state index contributed by atoms with van der Waals surface area (Å²) in [7, 11) is 0. The first kappa shape index (κ1) is 23.9. The van der Waals surface area contributed by atoms with E-state index in [2.05, 4.69) is 48.1 Å². The van der Waals surface area contributed by atoms with Crippen molar-refractivity contribution in [2.24, 2.45) is 56.7 Å². The molecule has 0 amide bonds. The molecule has 33 heavy (non-hydrogen) atoms. The Balaban J connectivity index is 1.57. The zero-order valence-electron chi connectivity index (χ0n) is 22.0. The Morgan fingerprint density at radius 2 is 1.52 bits per heavy atom. The number of carboxylic acids is 1. The van der Waals surface area contributed by atoms with Gasteiger partial charge in [-0.1, -0.05) is 46.8 Å². The third kappa shape index (κ3) is 2.75. The summed E-state index contributed by atoms with van der Waals surface area (Å²) in [6, 6.07) is 0. The first-order valence-electron chi connectivity index (χ1n) is 13.8. The average Bonchev–Trinajstić information content (AvgIpc) is 3.13. The van der Waals surface area contributed by atoms with Crippen LogP contribution in [0.1, 0.15) is 106 Å². The van der Waals surface area contributed by atoms with Gasteiger partial charge in [-0.25, -0.2) is 0 Å². The number of carboxylic acid groups (broad SMARTS) is 1. The molecule has 0 unspecified atom stereocenters. The zero-order chi connectivity index (χ0) is 24.2. The molecule has 0 heterocycles. The molecule has 3 heteroatoms. The first-order chi connectivity index (χ1) is 15.3. The third-order valence-electron chi connectivity index (χ3n) is 13.5. The molecule has 186 valence electrons. The van der Waals surface area contributed by atoms with Crippen molar-refractivity contribution in [1.29, 1.82) is 0 Å². The fraction of sp³-hybridized carbons (Fsp3) is 0.900. The maximum Gasteiger partial charge on any atom is 0.309 e. The highest BCUT2D eigenvalue weighted by Crippen LogP contribution is 2.77. The molecule has 5 saturated carbocycles. The normalized spacial score (nSPS) is 55.0. The SMILES string of the molecule is C=C(C)[C@@H]1CC[C@]2(C(=O)O)CC[C@@]3(C)[C@H](CC[C@@H]4[C@@]5(C)CC[C@H](O)C(C)(C)[C@@H]5CC[C@]43C)[C@@H]12. The second kappa shape index (κ2) is 7.11. The monoisotopic (exact) mass is 456 g/mol. The Labute approximate surface area is 201 Å². The van der Waals surface area contributed by atoms with E-state index in [9.17, 15) is 15.0 Å². The number of fused-ring (bicyclic) bond motifs is 7. The molecule has 0 aliphatic heterocycles. The van der Waals surface area contributed by atoms with E-state index in [1.807, 2.05) is 0 Å². The van der Waals surface area contributed by atoms with Crippen LogP contribution in [0.5, 0.6) is 0 Å².